The summed E-state index contributed by atoms with van der Waals surface area (Å²) in [6.45, 7) is 0. The van der Waals surface area contributed by atoms with Gasteiger partial charge in [-0.2, -0.15) is 5.10 Å². The van der Waals surface area contributed by atoms with Gasteiger partial charge in [0.25, 0.3) is 5.95 Å². The lowest BCUT2D eigenvalue weighted by atomic mass is 10.6. The molecule has 2 heterocycles. The zero-order valence-electron chi connectivity index (χ0n) is 6.55. The molecule has 2 aromatic heterocycles. The third-order valence-corrected chi connectivity index (χ3v) is 1.86. The molecule has 0 atom stereocenters. The number of nitrogen functional groups attached to an aromatic ring is 1. The van der Waals surface area contributed by atoms with Crippen LogP contribution >= 0.6 is 15.9 Å². The Balaban J connectivity index is 2.46. The maximum absolute atomic E-state index is 5.50. The van der Waals surface area contributed by atoms with Gasteiger partial charge in [0.05, 0.1) is 18.1 Å². The first-order valence-corrected chi connectivity index (χ1v) is 4.34. The van der Waals surface area contributed by atoms with Crippen molar-refractivity contribution >= 4 is 21.6 Å². The Labute approximate surface area is 82.7 Å². The molecule has 0 fully saturated rings. The van der Waals surface area contributed by atoms with E-state index in [0.717, 1.165) is 0 Å². The summed E-state index contributed by atoms with van der Waals surface area (Å²) in [5.74, 6) is 0.492. The normalized spacial score (nSPS) is 10.2. The Hall–Kier alpha value is -1.43. The van der Waals surface area contributed by atoms with E-state index in [0.29, 0.717) is 16.2 Å². The van der Waals surface area contributed by atoms with E-state index in [2.05, 4.69) is 31.0 Å². The minimum Gasteiger partial charge on any atom is -0.396 e. The molecule has 0 unspecified atom stereocenters. The molecular formula is C7H6BrN5. The lowest BCUT2D eigenvalue weighted by molar-refractivity contribution is 0.804. The summed E-state index contributed by atoms with van der Waals surface area (Å²) in [7, 11) is 0. The van der Waals surface area contributed by atoms with Crippen molar-refractivity contribution in [1.29, 1.82) is 0 Å². The van der Waals surface area contributed by atoms with Gasteiger partial charge in [0.1, 0.15) is 4.60 Å². The van der Waals surface area contributed by atoms with E-state index in [1.165, 1.54) is 4.68 Å². The van der Waals surface area contributed by atoms with Crippen molar-refractivity contribution in [3.63, 3.8) is 0 Å². The minimum atomic E-state index is 0.492. The van der Waals surface area contributed by atoms with Crippen LogP contribution < -0.4 is 5.73 Å². The van der Waals surface area contributed by atoms with Crippen molar-refractivity contribution in [2.75, 3.05) is 5.73 Å². The predicted molar refractivity (Wildman–Crippen MR) is 51.3 cm³/mol. The van der Waals surface area contributed by atoms with Gasteiger partial charge in [-0.3, -0.25) is 0 Å². The number of aromatic nitrogens is 4. The second-order valence-corrected chi connectivity index (χ2v) is 3.21. The average molecular weight is 240 g/mol. The Bertz CT molecular complexity index is 424. The van der Waals surface area contributed by atoms with Crippen molar-refractivity contribution in [2.45, 2.75) is 0 Å². The summed E-state index contributed by atoms with van der Waals surface area (Å²) in [6.07, 6.45) is 4.84. The van der Waals surface area contributed by atoms with Crippen molar-refractivity contribution in [3.05, 3.63) is 29.3 Å². The van der Waals surface area contributed by atoms with Crippen LogP contribution in [0, 0.1) is 0 Å². The monoisotopic (exact) mass is 239 g/mol. The molecule has 66 valence electrons. The SMILES string of the molecule is Nc1cnn(-c2nccc(Br)n2)c1. The summed E-state index contributed by atoms with van der Waals surface area (Å²) in [5, 5.41) is 3.97. The van der Waals surface area contributed by atoms with E-state index in [4.69, 9.17) is 5.73 Å². The number of nitrogens with zero attached hydrogens (tertiary/aromatic N) is 4. The van der Waals surface area contributed by atoms with Crippen LogP contribution in [-0.2, 0) is 0 Å². The first kappa shape index (κ1) is 8.18. The average Bonchev–Trinajstić information content (AvgIpc) is 2.52. The molecule has 6 heteroatoms. The van der Waals surface area contributed by atoms with Gasteiger partial charge in [0.15, 0.2) is 0 Å². The largest absolute Gasteiger partial charge is 0.396 e. The lowest BCUT2D eigenvalue weighted by Gasteiger charge is -1.97. The van der Waals surface area contributed by atoms with Gasteiger partial charge < -0.3 is 5.73 Å². The van der Waals surface area contributed by atoms with E-state index < -0.39 is 0 Å². The smallest absolute Gasteiger partial charge is 0.251 e. The van der Waals surface area contributed by atoms with Crippen LogP contribution in [0.25, 0.3) is 5.95 Å². The highest BCUT2D eigenvalue weighted by Crippen LogP contribution is 2.08. The molecule has 0 aliphatic carbocycles. The number of nitrogens with two attached hydrogens (primary N) is 1. The Kier molecular flexibility index (Phi) is 1.97. The molecule has 5 nitrogen and oxygen atoms in total. The molecule has 0 bridgehead atoms. The second-order valence-electron chi connectivity index (χ2n) is 2.40. The molecule has 0 aromatic carbocycles. The van der Waals surface area contributed by atoms with Gasteiger partial charge in [-0.1, -0.05) is 0 Å². The zero-order valence-corrected chi connectivity index (χ0v) is 8.14. The molecule has 13 heavy (non-hydrogen) atoms. The van der Waals surface area contributed by atoms with Gasteiger partial charge in [0.2, 0.25) is 0 Å². The molecule has 0 saturated heterocycles. The van der Waals surface area contributed by atoms with Crippen LogP contribution in [0.3, 0.4) is 0 Å². The van der Waals surface area contributed by atoms with Gasteiger partial charge in [0, 0.05) is 6.20 Å². The van der Waals surface area contributed by atoms with Crippen LogP contribution in [0.5, 0.6) is 0 Å². The maximum atomic E-state index is 5.50. The molecule has 2 rings (SSSR count). The maximum Gasteiger partial charge on any atom is 0.251 e. The number of hydrogen-bond donors (Lipinski definition) is 1. The molecule has 0 spiro atoms. The minimum absolute atomic E-state index is 0.492. The van der Waals surface area contributed by atoms with Gasteiger partial charge in [-0.05, 0) is 22.0 Å². The molecule has 0 amide bonds. The van der Waals surface area contributed by atoms with E-state index >= 15 is 0 Å². The molecule has 2 aromatic rings. The highest BCUT2D eigenvalue weighted by molar-refractivity contribution is 9.10. The summed E-state index contributed by atoms with van der Waals surface area (Å²) < 4.78 is 2.23. The van der Waals surface area contributed by atoms with Gasteiger partial charge >= 0.3 is 0 Å². The predicted octanol–water partition coefficient (Wildman–Crippen LogP) is 1.01. The molecule has 0 aliphatic rings. The number of anilines is 1. The second kappa shape index (κ2) is 3.14. The molecule has 0 saturated carbocycles. The van der Waals surface area contributed by atoms with Gasteiger partial charge in [-0.15, -0.1) is 0 Å². The van der Waals surface area contributed by atoms with E-state index in [9.17, 15) is 0 Å². The standard InChI is InChI=1S/C7H6BrN5/c8-6-1-2-10-7(12-6)13-4-5(9)3-11-13/h1-4H,9H2. The molecule has 0 aliphatic heterocycles. The van der Waals surface area contributed by atoms with Crippen molar-refractivity contribution < 1.29 is 0 Å². The van der Waals surface area contributed by atoms with E-state index in [1.54, 1.807) is 24.7 Å². The fourth-order valence-corrected chi connectivity index (χ4v) is 1.16. The van der Waals surface area contributed by atoms with Crippen LogP contribution in [0.15, 0.2) is 29.3 Å². The Morgan fingerprint density at radius 2 is 2.31 bits per heavy atom. The van der Waals surface area contributed by atoms with Crippen LogP contribution in [0.1, 0.15) is 0 Å². The summed E-state index contributed by atoms with van der Waals surface area (Å²) in [6, 6.07) is 1.75. The van der Waals surface area contributed by atoms with Gasteiger partial charge in [-0.25, -0.2) is 14.6 Å². The van der Waals surface area contributed by atoms with Crippen molar-refractivity contribution in [1.82, 2.24) is 19.7 Å². The molecule has 0 radical (unpaired) electrons. The van der Waals surface area contributed by atoms with E-state index in [1.807, 2.05) is 0 Å². The number of halogens is 1. The van der Waals surface area contributed by atoms with E-state index in [-0.39, 0.29) is 0 Å². The number of rotatable bonds is 1. The molecular weight excluding hydrogens is 234 g/mol. The highest BCUT2D eigenvalue weighted by atomic mass is 79.9. The van der Waals surface area contributed by atoms with Crippen molar-refractivity contribution in [2.24, 2.45) is 0 Å². The lowest BCUT2D eigenvalue weighted by Crippen LogP contribution is -2.00. The summed E-state index contributed by atoms with van der Waals surface area (Å²) >= 11 is 3.24. The number of hydrogen-bond acceptors (Lipinski definition) is 4. The van der Waals surface area contributed by atoms with Crippen LogP contribution in [0.4, 0.5) is 5.69 Å². The fourth-order valence-electron chi connectivity index (χ4n) is 0.884. The zero-order chi connectivity index (χ0) is 9.26. The van der Waals surface area contributed by atoms with Crippen LogP contribution in [-0.4, -0.2) is 19.7 Å². The van der Waals surface area contributed by atoms with Crippen molar-refractivity contribution in [3.8, 4) is 5.95 Å². The Morgan fingerprint density at radius 1 is 1.46 bits per heavy atom. The quantitative estimate of drug-likeness (QED) is 0.755. The fraction of sp³-hybridized carbons (Fsp3) is 0. The third-order valence-electron chi connectivity index (χ3n) is 1.42. The third kappa shape index (κ3) is 1.67. The van der Waals surface area contributed by atoms with Crippen LogP contribution in [0.2, 0.25) is 0 Å². The Morgan fingerprint density at radius 3 is 2.92 bits per heavy atom. The first-order valence-electron chi connectivity index (χ1n) is 3.55. The molecule has 2 N–H and O–H groups in total. The summed E-state index contributed by atoms with van der Waals surface area (Å²) in [4.78, 5) is 8.13. The summed E-state index contributed by atoms with van der Waals surface area (Å²) in [5.41, 5.74) is 6.09. The highest BCUT2D eigenvalue weighted by Gasteiger charge is 2.00. The topological polar surface area (TPSA) is 69.6 Å². The first-order chi connectivity index (χ1) is 6.25.